The van der Waals surface area contributed by atoms with Crippen molar-refractivity contribution in [3.8, 4) is 0 Å². The number of aromatic nitrogens is 2. The van der Waals surface area contributed by atoms with Crippen LogP contribution in [0.1, 0.15) is 17.4 Å². The van der Waals surface area contributed by atoms with E-state index in [1.54, 1.807) is 13.0 Å². The van der Waals surface area contributed by atoms with Crippen LogP contribution in [0.2, 0.25) is 0 Å². The molecule has 0 radical (unpaired) electrons. The third-order valence-corrected chi connectivity index (χ3v) is 1.18. The summed E-state index contributed by atoms with van der Waals surface area (Å²) in [7, 11) is 0. The van der Waals surface area contributed by atoms with Crippen LogP contribution in [0, 0.1) is 0 Å². The normalized spacial score (nSPS) is 13.0. The molecule has 4 heteroatoms. The summed E-state index contributed by atoms with van der Waals surface area (Å²) in [5.74, 6) is -0.113. The van der Waals surface area contributed by atoms with Crippen LogP contribution in [0.3, 0.4) is 0 Å². The maximum atomic E-state index is 11.0. The van der Waals surface area contributed by atoms with Gasteiger partial charge in [-0.05, 0) is 13.0 Å². The predicted octanol–water partition coefficient (Wildman–Crippen LogP) is -0.0604. The monoisotopic (exact) mass is 139 g/mol. The minimum atomic E-state index is -0.458. The van der Waals surface area contributed by atoms with E-state index < -0.39 is 6.04 Å². The van der Waals surface area contributed by atoms with Crippen molar-refractivity contribution >= 4 is 5.78 Å². The average Bonchev–Trinajstić information content (AvgIpc) is 2.36. The smallest absolute Gasteiger partial charge is 0.196 e. The molecule has 0 bridgehead atoms. The highest BCUT2D eigenvalue weighted by atomic mass is 16.1. The molecule has 10 heavy (non-hydrogen) atoms. The van der Waals surface area contributed by atoms with Gasteiger partial charge in [0.1, 0.15) is 5.69 Å². The van der Waals surface area contributed by atoms with Gasteiger partial charge in [0.15, 0.2) is 5.78 Å². The van der Waals surface area contributed by atoms with Gasteiger partial charge in [0, 0.05) is 6.20 Å². The predicted molar refractivity (Wildman–Crippen MR) is 36.6 cm³/mol. The van der Waals surface area contributed by atoms with Crippen LogP contribution >= 0.6 is 0 Å². The largest absolute Gasteiger partial charge is 0.321 e. The Balaban J connectivity index is 2.78. The maximum Gasteiger partial charge on any atom is 0.196 e. The molecule has 0 spiro atoms. The quantitative estimate of drug-likeness (QED) is 0.564. The molecule has 1 aromatic heterocycles. The number of rotatable bonds is 2. The molecule has 3 N–H and O–H groups in total. The Labute approximate surface area is 58.4 Å². The zero-order valence-corrected chi connectivity index (χ0v) is 5.66. The van der Waals surface area contributed by atoms with Crippen molar-refractivity contribution in [1.29, 1.82) is 0 Å². The summed E-state index contributed by atoms with van der Waals surface area (Å²) in [6, 6.07) is 1.14. The van der Waals surface area contributed by atoms with Crippen molar-refractivity contribution in [3.63, 3.8) is 0 Å². The van der Waals surface area contributed by atoms with Crippen molar-refractivity contribution in [2.24, 2.45) is 5.73 Å². The van der Waals surface area contributed by atoms with Gasteiger partial charge in [-0.1, -0.05) is 0 Å². The van der Waals surface area contributed by atoms with Gasteiger partial charge in [-0.3, -0.25) is 9.89 Å². The number of carbonyl (C=O) groups is 1. The minimum absolute atomic E-state index is 0.113. The number of ketones is 1. The fourth-order valence-electron chi connectivity index (χ4n) is 0.638. The Kier molecular flexibility index (Phi) is 1.82. The first kappa shape index (κ1) is 6.95. The molecule has 1 unspecified atom stereocenters. The van der Waals surface area contributed by atoms with E-state index in [0.29, 0.717) is 5.69 Å². The first-order valence-corrected chi connectivity index (χ1v) is 3.01. The van der Waals surface area contributed by atoms with Crippen LogP contribution in [0.25, 0.3) is 0 Å². The molecule has 0 aliphatic heterocycles. The summed E-state index contributed by atoms with van der Waals surface area (Å²) in [6.45, 7) is 1.64. The average molecular weight is 139 g/mol. The molecule has 0 aromatic carbocycles. The Morgan fingerprint density at radius 2 is 2.60 bits per heavy atom. The highest BCUT2D eigenvalue weighted by Gasteiger charge is 2.10. The van der Waals surface area contributed by atoms with E-state index >= 15 is 0 Å². The van der Waals surface area contributed by atoms with Crippen LogP contribution < -0.4 is 5.73 Å². The van der Waals surface area contributed by atoms with Crippen molar-refractivity contribution in [2.75, 3.05) is 0 Å². The van der Waals surface area contributed by atoms with Crippen LogP contribution in [-0.4, -0.2) is 22.0 Å². The molecule has 0 fully saturated rings. The number of hydrogen-bond acceptors (Lipinski definition) is 3. The van der Waals surface area contributed by atoms with E-state index in [1.165, 1.54) is 6.20 Å². The molecule has 1 aromatic rings. The second-order valence-corrected chi connectivity index (χ2v) is 2.12. The molecule has 1 heterocycles. The molecule has 4 nitrogen and oxygen atoms in total. The molecular formula is C6H9N3O. The van der Waals surface area contributed by atoms with E-state index in [-0.39, 0.29) is 5.78 Å². The van der Waals surface area contributed by atoms with E-state index in [1.807, 2.05) is 0 Å². The molecular weight excluding hydrogens is 130 g/mol. The van der Waals surface area contributed by atoms with Gasteiger partial charge < -0.3 is 5.73 Å². The lowest BCUT2D eigenvalue weighted by molar-refractivity contribution is 0.0963. The van der Waals surface area contributed by atoms with Crippen LogP contribution in [-0.2, 0) is 0 Å². The zero-order chi connectivity index (χ0) is 7.56. The van der Waals surface area contributed by atoms with Gasteiger partial charge in [0.25, 0.3) is 0 Å². The Morgan fingerprint density at radius 3 is 3.00 bits per heavy atom. The maximum absolute atomic E-state index is 11.0. The third kappa shape index (κ3) is 1.22. The lowest BCUT2D eigenvalue weighted by atomic mass is 10.2. The summed E-state index contributed by atoms with van der Waals surface area (Å²) in [4.78, 5) is 11.0. The Bertz CT molecular complexity index is 215. The summed E-state index contributed by atoms with van der Waals surface area (Å²) >= 11 is 0. The van der Waals surface area contributed by atoms with Gasteiger partial charge in [0.2, 0.25) is 0 Å². The third-order valence-electron chi connectivity index (χ3n) is 1.18. The number of carbonyl (C=O) groups excluding carboxylic acids is 1. The highest BCUT2D eigenvalue weighted by Crippen LogP contribution is 1.95. The van der Waals surface area contributed by atoms with E-state index in [0.717, 1.165) is 0 Å². The van der Waals surface area contributed by atoms with Gasteiger partial charge in [-0.15, -0.1) is 0 Å². The van der Waals surface area contributed by atoms with Crippen molar-refractivity contribution in [3.05, 3.63) is 18.0 Å². The summed E-state index contributed by atoms with van der Waals surface area (Å²) in [5, 5.41) is 6.16. The number of nitrogens with zero attached hydrogens (tertiary/aromatic N) is 1. The topological polar surface area (TPSA) is 71.8 Å². The fourth-order valence-corrected chi connectivity index (χ4v) is 0.638. The summed E-state index contributed by atoms with van der Waals surface area (Å²) in [5.41, 5.74) is 5.80. The van der Waals surface area contributed by atoms with Gasteiger partial charge >= 0.3 is 0 Å². The first-order valence-electron chi connectivity index (χ1n) is 3.01. The lowest BCUT2D eigenvalue weighted by Crippen LogP contribution is -2.26. The Morgan fingerprint density at radius 1 is 1.90 bits per heavy atom. The fraction of sp³-hybridized carbons (Fsp3) is 0.333. The lowest BCUT2D eigenvalue weighted by Gasteiger charge is -1.98. The SMILES string of the molecule is CC(N)C(=O)c1ccn[nH]1. The van der Waals surface area contributed by atoms with Crippen LogP contribution in [0.4, 0.5) is 0 Å². The van der Waals surface area contributed by atoms with Gasteiger partial charge in [0.05, 0.1) is 6.04 Å². The number of nitrogens with two attached hydrogens (primary N) is 1. The number of Topliss-reactive ketones (excluding diaryl/α,β-unsaturated/α-hetero) is 1. The molecule has 0 amide bonds. The number of H-pyrrole nitrogens is 1. The zero-order valence-electron chi connectivity index (χ0n) is 5.66. The molecule has 1 rings (SSSR count). The highest BCUT2D eigenvalue weighted by molar-refractivity contribution is 5.97. The van der Waals surface area contributed by atoms with Gasteiger partial charge in [-0.25, -0.2) is 0 Å². The summed E-state index contributed by atoms with van der Waals surface area (Å²) in [6.07, 6.45) is 1.52. The van der Waals surface area contributed by atoms with E-state index in [2.05, 4.69) is 10.2 Å². The second-order valence-electron chi connectivity index (χ2n) is 2.12. The minimum Gasteiger partial charge on any atom is -0.321 e. The van der Waals surface area contributed by atoms with E-state index in [9.17, 15) is 4.79 Å². The standard InChI is InChI=1S/C6H9N3O/c1-4(7)6(10)5-2-3-8-9-5/h2-4H,7H2,1H3,(H,8,9). The molecule has 0 aliphatic carbocycles. The summed E-state index contributed by atoms with van der Waals surface area (Å²) < 4.78 is 0. The Hall–Kier alpha value is -1.16. The van der Waals surface area contributed by atoms with Crippen LogP contribution in [0.5, 0.6) is 0 Å². The molecule has 54 valence electrons. The molecule has 0 saturated heterocycles. The van der Waals surface area contributed by atoms with Crippen LogP contribution in [0.15, 0.2) is 12.3 Å². The second kappa shape index (κ2) is 2.62. The first-order chi connectivity index (χ1) is 4.72. The number of nitrogens with one attached hydrogen (secondary N) is 1. The molecule has 1 atom stereocenters. The van der Waals surface area contributed by atoms with E-state index in [4.69, 9.17) is 5.73 Å². The van der Waals surface area contributed by atoms with Gasteiger partial charge in [-0.2, -0.15) is 5.10 Å². The number of aromatic amines is 1. The van der Waals surface area contributed by atoms with Crippen molar-refractivity contribution in [1.82, 2.24) is 10.2 Å². The van der Waals surface area contributed by atoms with Crippen molar-refractivity contribution < 1.29 is 4.79 Å². The van der Waals surface area contributed by atoms with Crippen molar-refractivity contribution in [2.45, 2.75) is 13.0 Å². The molecule has 0 aliphatic rings. The molecule has 0 saturated carbocycles. The number of hydrogen-bond donors (Lipinski definition) is 2.